The van der Waals surface area contributed by atoms with Crippen LogP contribution in [0.3, 0.4) is 0 Å². The maximum Gasteiger partial charge on any atom is 0.330 e. The van der Waals surface area contributed by atoms with Crippen molar-refractivity contribution in [1.82, 2.24) is 14.5 Å². The van der Waals surface area contributed by atoms with Crippen molar-refractivity contribution in [3.8, 4) is 0 Å². The highest BCUT2D eigenvalue weighted by Crippen LogP contribution is 2.18. The molecule has 1 saturated carbocycles. The lowest BCUT2D eigenvalue weighted by molar-refractivity contribution is 0.0865. The molecule has 20 heavy (non-hydrogen) atoms. The van der Waals surface area contributed by atoms with Gasteiger partial charge in [-0.15, -0.1) is 0 Å². The highest BCUT2D eigenvalue weighted by atomic mass is 16.3. The fraction of sp³-hybridized carbons (Fsp3) is 0.615. The molecule has 2 rings (SSSR count). The summed E-state index contributed by atoms with van der Waals surface area (Å²) in [6.07, 6.45) is 3.65. The van der Waals surface area contributed by atoms with Crippen LogP contribution < -0.4 is 16.6 Å². The number of aliphatic hydroxyl groups is 1. The van der Waals surface area contributed by atoms with Crippen LogP contribution >= 0.6 is 0 Å². The van der Waals surface area contributed by atoms with Gasteiger partial charge in [-0.2, -0.15) is 0 Å². The van der Waals surface area contributed by atoms with E-state index in [0.717, 1.165) is 4.57 Å². The fourth-order valence-corrected chi connectivity index (χ4v) is 2.45. The second-order valence-corrected chi connectivity index (χ2v) is 5.28. The van der Waals surface area contributed by atoms with E-state index >= 15 is 0 Å². The SMILES string of the molecule is Cn1cc(C(=O)NC2CCC(O)CC2)c(=O)n(C)c1=O. The lowest BCUT2D eigenvalue weighted by Gasteiger charge is -2.26. The molecule has 1 aromatic rings. The molecule has 1 heterocycles. The van der Waals surface area contributed by atoms with Crippen LogP contribution in [0.4, 0.5) is 0 Å². The van der Waals surface area contributed by atoms with Crippen molar-refractivity contribution in [1.29, 1.82) is 0 Å². The Hall–Kier alpha value is -1.89. The van der Waals surface area contributed by atoms with Gasteiger partial charge in [-0.05, 0) is 25.7 Å². The number of amides is 1. The van der Waals surface area contributed by atoms with E-state index in [0.29, 0.717) is 25.7 Å². The average molecular weight is 281 g/mol. The highest BCUT2D eigenvalue weighted by molar-refractivity contribution is 5.93. The van der Waals surface area contributed by atoms with E-state index in [-0.39, 0.29) is 17.7 Å². The summed E-state index contributed by atoms with van der Waals surface area (Å²) in [5, 5.41) is 12.2. The monoisotopic (exact) mass is 281 g/mol. The third kappa shape index (κ3) is 2.82. The summed E-state index contributed by atoms with van der Waals surface area (Å²) in [7, 11) is 2.84. The molecule has 1 fully saturated rings. The van der Waals surface area contributed by atoms with Crippen molar-refractivity contribution in [2.24, 2.45) is 14.1 Å². The van der Waals surface area contributed by atoms with E-state index in [1.54, 1.807) is 0 Å². The third-order valence-corrected chi connectivity index (χ3v) is 3.72. The molecule has 0 aromatic carbocycles. The van der Waals surface area contributed by atoms with Crippen LogP contribution in [0.1, 0.15) is 36.0 Å². The Morgan fingerprint density at radius 3 is 2.45 bits per heavy atom. The second kappa shape index (κ2) is 5.62. The number of aliphatic hydroxyl groups excluding tert-OH is 1. The van der Waals surface area contributed by atoms with Crippen LogP contribution in [0, 0.1) is 0 Å². The normalized spacial score (nSPS) is 22.6. The van der Waals surface area contributed by atoms with E-state index < -0.39 is 17.2 Å². The third-order valence-electron chi connectivity index (χ3n) is 3.72. The van der Waals surface area contributed by atoms with E-state index in [1.807, 2.05) is 0 Å². The van der Waals surface area contributed by atoms with E-state index in [4.69, 9.17) is 0 Å². The molecule has 110 valence electrons. The smallest absolute Gasteiger partial charge is 0.330 e. The number of aryl methyl sites for hydroxylation is 1. The number of aromatic nitrogens is 2. The summed E-state index contributed by atoms with van der Waals surface area (Å²) < 4.78 is 2.13. The van der Waals surface area contributed by atoms with Crippen molar-refractivity contribution in [2.75, 3.05) is 0 Å². The molecule has 0 atom stereocenters. The predicted octanol–water partition coefficient (Wildman–Crippen LogP) is -0.883. The minimum Gasteiger partial charge on any atom is -0.393 e. The Balaban J connectivity index is 2.18. The molecule has 7 heteroatoms. The number of hydrogen-bond acceptors (Lipinski definition) is 4. The summed E-state index contributed by atoms with van der Waals surface area (Å²) in [6, 6.07) is -0.0344. The van der Waals surface area contributed by atoms with E-state index in [2.05, 4.69) is 5.32 Å². The number of carbonyl (C=O) groups excluding carboxylic acids is 1. The van der Waals surface area contributed by atoms with Crippen molar-refractivity contribution >= 4 is 5.91 Å². The number of nitrogens with one attached hydrogen (secondary N) is 1. The molecule has 2 N–H and O–H groups in total. The molecule has 0 bridgehead atoms. The second-order valence-electron chi connectivity index (χ2n) is 5.28. The molecule has 1 amide bonds. The lowest BCUT2D eigenvalue weighted by Crippen LogP contribution is -2.45. The molecule has 7 nitrogen and oxygen atoms in total. The molecule has 0 spiro atoms. The first-order valence-electron chi connectivity index (χ1n) is 6.65. The number of nitrogens with zero attached hydrogens (tertiary/aromatic N) is 2. The first kappa shape index (κ1) is 14.5. The Labute approximate surface area is 115 Å². The predicted molar refractivity (Wildman–Crippen MR) is 72.7 cm³/mol. The summed E-state index contributed by atoms with van der Waals surface area (Å²) in [5.74, 6) is -0.470. The first-order chi connectivity index (χ1) is 9.40. The molecule has 0 unspecified atom stereocenters. The molecule has 0 radical (unpaired) electrons. The summed E-state index contributed by atoms with van der Waals surface area (Å²) in [5.41, 5.74) is -1.10. The average Bonchev–Trinajstić information content (AvgIpc) is 2.43. The Morgan fingerprint density at radius 1 is 1.25 bits per heavy atom. The fourth-order valence-electron chi connectivity index (χ4n) is 2.45. The van der Waals surface area contributed by atoms with Crippen LogP contribution in [0.15, 0.2) is 15.8 Å². The molecule has 1 aromatic heterocycles. The summed E-state index contributed by atoms with van der Waals surface area (Å²) in [6.45, 7) is 0. The first-order valence-corrected chi connectivity index (χ1v) is 6.65. The summed E-state index contributed by atoms with van der Waals surface area (Å²) in [4.78, 5) is 35.6. The van der Waals surface area contributed by atoms with Gasteiger partial charge in [0.1, 0.15) is 5.56 Å². The van der Waals surface area contributed by atoms with Gasteiger partial charge >= 0.3 is 5.69 Å². The minimum absolute atomic E-state index is 0.0344. The quantitative estimate of drug-likeness (QED) is 0.736. The molecule has 1 aliphatic rings. The topological polar surface area (TPSA) is 93.3 Å². The van der Waals surface area contributed by atoms with Crippen molar-refractivity contribution in [3.05, 3.63) is 32.6 Å². The number of rotatable bonds is 2. The lowest BCUT2D eigenvalue weighted by atomic mass is 9.93. The molecular weight excluding hydrogens is 262 g/mol. The highest BCUT2D eigenvalue weighted by Gasteiger charge is 2.23. The molecule has 0 saturated heterocycles. The van der Waals surface area contributed by atoms with Gasteiger partial charge in [0, 0.05) is 26.3 Å². The zero-order valence-electron chi connectivity index (χ0n) is 11.6. The number of hydrogen-bond donors (Lipinski definition) is 2. The number of carbonyl (C=O) groups is 1. The molecular formula is C13H19N3O4. The van der Waals surface area contributed by atoms with Gasteiger partial charge in [-0.25, -0.2) is 4.79 Å². The van der Waals surface area contributed by atoms with Crippen LogP contribution in [-0.4, -0.2) is 32.3 Å². The minimum atomic E-state index is -0.596. The Kier molecular flexibility index (Phi) is 4.08. The van der Waals surface area contributed by atoms with E-state index in [9.17, 15) is 19.5 Å². The Morgan fingerprint density at radius 2 is 1.85 bits per heavy atom. The standard InChI is InChI=1S/C13H19N3O4/c1-15-7-10(12(19)16(2)13(15)20)11(18)14-8-3-5-9(17)6-4-8/h7-9,17H,3-6H2,1-2H3,(H,14,18). The Bertz CT molecular complexity index is 623. The van der Waals surface area contributed by atoms with Gasteiger partial charge < -0.3 is 15.0 Å². The van der Waals surface area contributed by atoms with Crippen LogP contribution in [0.5, 0.6) is 0 Å². The van der Waals surface area contributed by atoms with Gasteiger partial charge in [0.05, 0.1) is 6.10 Å². The van der Waals surface area contributed by atoms with E-state index in [1.165, 1.54) is 24.9 Å². The molecule has 0 aliphatic heterocycles. The van der Waals surface area contributed by atoms with Gasteiger partial charge in [0.15, 0.2) is 0 Å². The van der Waals surface area contributed by atoms with Crippen LogP contribution in [0.2, 0.25) is 0 Å². The summed E-state index contributed by atoms with van der Waals surface area (Å²) >= 11 is 0. The van der Waals surface area contributed by atoms with Crippen molar-refractivity contribution in [2.45, 2.75) is 37.8 Å². The van der Waals surface area contributed by atoms with Gasteiger partial charge in [0.2, 0.25) is 0 Å². The van der Waals surface area contributed by atoms with Crippen molar-refractivity contribution in [3.63, 3.8) is 0 Å². The van der Waals surface area contributed by atoms with Gasteiger partial charge in [-0.1, -0.05) is 0 Å². The maximum atomic E-state index is 12.1. The van der Waals surface area contributed by atoms with Gasteiger partial charge in [0.25, 0.3) is 11.5 Å². The largest absolute Gasteiger partial charge is 0.393 e. The van der Waals surface area contributed by atoms with Crippen LogP contribution in [-0.2, 0) is 14.1 Å². The van der Waals surface area contributed by atoms with Gasteiger partial charge in [-0.3, -0.25) is 14.2 Å². The van der Waals surface area contributed by atoms with Crippen LogP contribution in [0.25, 0.3) is 0 Å². The van der Waals surface area contributed by atoms with Crippen molar-refractivity contribution < 1.29 is 9.90 Å². The molecule has 1 aliphatic carbocycles. The maximum absolute atomic E-state index is 12.1. The zero-order valence-corrected chi connectivity index (χ0v) is 11.6. The zero-order chi connectivity index (χ0) is 14.9.